The van der Waals surface area contributed by atoms with Gasteiger partial charge in [0.1, 0.15) is 11.4 Å². The molecule has 8 heteroatoms. The summed E-state index contributed by atoms with van der Waals surface area (Å²) < 4.78 is 42.4. The average molecular weight is 338 g/mol. The van der Waals surface area contributed by atoms with Gasteiger partial charge in [-0.3, -0.25) is 4.79 Å². The highest BCUT2D eigenvalue weighted by Gasteiger charge is 2.26. The van der Waals surface area contributed by atoms with Crippen molar-refractivity contribution in [3.63, 3.8) is 0 Å². The van der Waals surface area contributed by atoms with Crippen LogP contribution >= 0.6 is 0 Å². The van der Waals surface area contributed by atoms with Crippen molar-refractivity contribution in [1.29, 1.82) is 0 Å². The van der Waals surface area contributed by atoms with Crippen LogP contribution in [0.2, 0.25) is 0 Å². The summed E-state index contributed by atoms with van der Waals surface area (Å²) in [5.41, 5.74) is -0.874. The minimum absolute atomic E-state index is 0.226. The van der Waals surface area contributed by atoms with Crippen molar-refractivity contribution in [3.8, 4) is 0 Å². The molecule has 0 bridgehead atoms. The third-order valence-electron chi connectivity index (χ3n) is 4.18. The van der Waals surface area contributed by atoms with Crippen LogP contribution in [0.3, 0.4) is 0 Å². The van der Waals surface area contributed by atoms with Crippen LogP contribution in [0.15, 0.2) is 24.5 Å². The molecule has 1 fully saturated rings. The summed E-state index contributed by atoms with van der Waals surface area (Å²) in [5, 5.41) is 2.59. The molecule has 128 valence electrons. The number of halogens is 3. The number of carbonyl (C=O) groups excluding carboxylic acids is 1. The van der Waals surface area contributed by atoms with Crippen molar-refractivity contribution in [2.45, 2.75) is 18.9 Å². The molecular weight excluding hydrogens is 321 g/mol. The Hall–Kier alpha value is -2.51. The standard InChI is InChI=1S/C16H17F3N4O/c1-22-9-6-20-16(22)23-7-4-10(5-8-23)21-15(24)13-11(17)2-3-12(18)14(13)19/h2-3,6,9-10H,4-5,7-8H2,1H3,(H,21,24). The molecule has 1 saturated heterocycles. The van der Waals surface area contributed by atoms with Crippen molar-refractivity contribution in [2.75, 3.05) is 18.0 Å². The Bertz CT molecular complexity index is 754. The molecule has 1 aromatic carbocycles. The van der Waals surface area contributed by atoms with Crippen LogP contribution in [0.1, 0.15) is 23.2 Å². The zero-order valence-corrected chi connectivity index (χ0v) is 13.1. The van der Waals surface area contributed by atoms with Gasteiger partial charge in [0, 0.05) is 38.6 Å². The van der Waals surface area contributed by atoms with Gasteiger partial charge in [-0.2, -0.15) is 0 Å². The van der Waals surface area contributed by atoms with Crippen LogP contribution in [0, 0.1) is 17.5 Å². The number of piperidine rings is 1. The Labute approximate surface area is 137 Å². The predicted molar refractivity (Wildman–Crippen MR) is 82.2 cm³/mol. The maximum absolute atomic E-state index is 13.7. The maximum atomic E-state index is 13.7. The Kier molecular flexibility index (Phi) is 4.46. The number of nitrogens with zero attached hydrogens (tertiary/aromatic N) is 3. The lowest BCUT2D eigenvalue weighted by Crippen LogP contribution is -2.45. The van der Waals surface area contributed by atoms with E-state index in [9.17, 15) is 18.0 Å². The summed E-state index contributed by atoms with van der Waals surface area (Å²) >= 11 is 0. The quantitative estimate of drug-likeness (QED) is 0.874. The smallest absolute Gasteiger partial charge is 0.257 e. The van der Waals surface area contributed by atoms with Crippen molar-refractivity contribution >= 4 is 11.9 Å². The molecule has 2 heterocycles. The first-order chi connectivity index (χ1) is 11.5. The van der Waals surface area contributed by atoms with Crippen molar-refractivity contribution in [3.05, 3.63) is 47.5 Å². The fourth-order valence-corrected chi connectivity index (χ4v) is 2.88. The highest BCUT2D eigenvalue weighted by molar-refractivity contribution is 5.95. The first-order valence-corrected chi connectivity index (χ1v) is 7.64. The topological polar surface area (TPSA) is 50.2 Å². The Balaban J connectivity index is 1.63. The van der Waals surface area contributed by atoms with E-state index in [0.717, 1.165) is 12.0 Å². The Morgan fingerprint density at radius 1 is 1.21 bits per heavy atom. The number of benzene rings is 1. The summed E-state index contributed by atoms with van der Waals surface area (Å²) in [5.74, 6) is -3.87. The van der Waals surface area contributed by atoms with Crippen molar-refractivity contribution in [1.82, 2.24) is 14.9 Å². The van der Waals surface area contributed by atoms with E-state index in [0.29, 0.717) is 32.0 Å². The second kappa shape index (κ2) is 6.54. The van der Waals surface area contributed by atoms with Gasteiger partial charge in [0.05, 0.1) is 0 Å². The predicted octanol–water partition coefficient (Wildman–Crippen LogP) is 2.24. The minimum Gasteiger partial charge on any atom is -0.349 e. The molecule has 3 rings (SSSR count). The lowest BCUT2D eigenvalue weighted by molar-refractivity contribution is 0.0921. The number of rotatable bonds is 3. The first-order valence-electron chi connectivity index (χ1n) is 7.64. The summed E-state index contributed by atoms with van der Waals surface area (Å²) in [6.45, 7) is 1.31. The van der Waals surface area contributed by atoms with Gasteiger partial charge in [-0.1, -0.05) is 0 Å². The molecule has 2 aromatic rings. The van der Waals surface area contributed by atoms with Crippen LogP contribution < -0.4 is 10.2 Å². The fourth-order valence-electron chi connectivity index (χ4n) is 2.88. The number of anilines is 1. The summed E-state index contributed by atoms with van der Waals surface area (Å²) in [6.07, 6.45) is 4.77. The average Bonchev–Trinajstić information content (AvgIpc) is 2.98. The molecule has 0 aliphatic carbocycles. The molecule has 0 saturated carbocycles. The third kappa shape index (κ3) is 3.08. The molecule has 24 heavy (non-hydrogen) atoms. The molecule has 0 spiro atoms. The van der Waals surface area contributed by atoms with Crippen LogP contribution in [0.5, 0.6) is 0 Å². The highest BCUT2D eigenvalue weighted by atomic mass is 19.2. The van der Waals surface area contributed by atoms with E-state index in [1.54, 1.807) is 6.20 Å². The SMILES string of the molecule is Cn1ccnc1N1CCC(NC(=O)c2c(F)ccc(F)c2F)CC1. The molecule has 5 nitrogen and oxygen atoms in total. The number of aryl methyl sites for hydroxylation is 1. The van der Waals surface area contributed by atoms with E-state index in [-0.39, 0.29) is 6.04 Å². The van der Waals surface area contributed by atoms with Gasteiger partial charge in [0.25, 0.3) is 5.91 Å². The second-order valence-corrected chi connectivity index (χ2v) is 5.79. The molecular formula is C16H17F3N4O. The number of hydrogen-bond donors (Lipinski definition) is 1. The Morgan fingerprint density at radius 3 is 2.50 bits per heavy atom. The van der Waals surface area contributed by atoms with Crippen LogP contribution in [-0.4, -0.2) is 34.6 Å². The zero-order chi connectivity index (χ0) is 17.3. The molecule has 1 aromatic heterocycles. The van der Waals surface area contributed by atoms with E-state index < -0.39 is 28.9 Å². The van der Waals surface area contributed by atoms with Crippen LogP contribution in [-0.2, 0) is 7.05 Å². The number of nitrogens with one attached hydrogen (secondary N) is 1. The number of aromatic nitrogens is 2. The maximum Gasteiger partial charge on any atom is 0.257 e. The molecule has 0 unspecified atom stereocenters. The molecule has 0 radical (unpaired) electrons. The normalized spacial score (nSPS) is 15.6. The Morgan fingerprint density at radius 2 is 1.88 bits per heavy atom. The van der Waals surface area contributed by atoms with E-state index in [1.807, 2.05) is 17.8 Å². The lowest BCUT2D eigenvalue weighted by atomic mass is 10.0. The second-order valence-electron chi connectivity index (χ2n) is 5.79. The van der Waals surface area contributed by atoms with Gasteiger partial charge in [-0.25, -0.2) is 18.2 Å². The number of imidazole rings is 1. The van der Waals surface area contributed by atoms with E-state index in [1.165, 1.54) is 0 Å². The summed E-state index contributed by atoms with van der Waals surface area (Å²) in [7, 11) is 1.89. The number of amides is 1. The third-order valence-corrected chi connectivity index (χ3v) is 4.18. The number of hydrogen-bond acceptors (Lipinski definition) is 3. The van der Waals surface area contributed by atoms with Gasteiger partial charge >= 0.3 is 0 Å². The molecule has 1 aliphatic heterocycles. The first kappa shape index (κ1) is 16.4. The molecule has 1 N–H and O–H groups in total. The van der Waals surface area contributed by atoms with Gasteiger partial charge in [-0.15, -0.1) is 0 Å². The van der Waals surface area contributed by atoms with Gasteiger partial charge in [-0.05, 0) is 25.0 Å². The fraction of sp³-hybridized carbons (Fsp3) is 0.375. The largest absolute Gasteiger partial charge is 0.349 e. The molecule has 1 aliphatic rings. The number of carbonyl (C=O) groups is 1. The molecule has 0 atom stereocenters. The van der Waals surface area contributed by atoms with E-state index in [4.69, 9.17) is 0 Å². The monoisotopic (exact) mass is 338 g/mol. The van der Waals surface area contributed by atoms with Gasteiger partial charge in [0.15, 0.2) is 11.6 Å². The van der Waals surface area contributed by atoms with Gasteiger partial charge in [0.2, 0.25) is 5.95 Å². The summed E-state index contributed by atoms with van der Waals surface area (Å²) in [4.78, 5) is 18.4. The lowest BCUT2D eigenvalue weighted by Gasteiger charge is -2.33. The molecule has 1 amide bonds. The van der Waals surface area contributed by atoms with Gasteiger partial charge < -0.3 is 14.8 Å². The van der Waals surface area contributed by atoms with Crippen LogP contribution in [0.25, 0.3) is 0 Å². The highest BCUT2D eigenvalue weighted by Crippen LogP contribution is 2.19. The minimum atomic E-state index is -1.46. The van der Waals surface area contributed by atoms with Crippen molar-refractivity contribution in [2.24, 2.45) is 7.05 Å². The van der Waals surface area contributed by atoms with Crippen molar-refractivity contribution < 1.29 is 18.0 Å². The van der Waals surface area contributed by atoms with E-state index >= 15 is 0 Å². The van der Waals surface area contributed by atoms with Crippen LogP contribution in [0.4, 0.5) is 19.1 Å². The zero-order valence-electron chi connectivity index (χ0n) is 13.1. The summed E-state index contributed by atoms with van der Waals surface area (Å²) in [6, 6.07) is 1.18. The van der Waals surface area contributed by atoms with E-state index in [2.05, 4.69) is 15.2 Å².